The average Bonchev–Trinajstić information content (AvgIpc) is 2.04. The highest BCUT2D eigenvalue weighted by atomic mass is 16.6. The first kappa shape index (κ1) is 8.77. The third-order valence-electron chi connectivity index (χ3n) is 1.82. The third-order valence-corrected chi connectivity index (χ3v) is 1.82. The topological polar surface area (TPSA) is 46.4 Å². The molecule has 0 saturated heterocycles. The average molecular weight is 168 g/mol. The predicted octanol–water partition coefficient (Wildman–Crippen LogP) is 1.39. The Balaban J connectivity index is 2.81. The molecule has 0 heterocycles. The molecule has 66 valence electrons. The summed E-state index contributed by atoms with van der Waals surface area (Å²) < 4.78 is 0. The zero-order chi connectivity index (χ0) is 9.14. The van der Waals surface area contributed by atoms with E-state index in [0.29, 0.717) is 12.1 Å². The lowest BCUT2D eigenvalue weighted by atomic mass is 10.1. The Bertz CT molecular complexity index is 254. The lowest BCUT2D eigenvalue weighted by molar-refractivity contribution is -0.428. The van der Waals surface area contributed by atoms with Crippen LogP contribution in [-0.2, 0) is 0 Å². The van der Waals surface area contributed by atoms with Gasteiger partial charge in [0, 0.05) is 32.3 Å². The van der Waals surface area contributed by atoms with Gasteiger partial charge in [0.1, 0.15) is 0 Å². The smallest absolute Gasteiger partial charge is 0.248 e. The van der Waals surface area contributed by atoms with Gasteiger partial charge < -0.3 is 4.90 Å². The van der Waals surface area contributed by atoms with Gasteiger partial charge in [-0.25, -0.2) is 0 Å². The van der Waals surface area contributed by atoms with Gasteiger partial charge in [-0.3, -0.25) is 10.1 Å². The summed E-state index contributed by atoms with van der Waals surface area (Å²) in [5.41, 5.74) is 1.23. The number of hydrogen-bond acceptors (Lipinski definition) is 3. The van der Waals surface area contributed by atoms with Crippen LogP contribution >= 0.6 is 0 Å². The summed E-state index contributed by atoms with van der Waals surface area (Å²) >= 11 is 0. The minimum atomic E-state index is -0.309. The second-order valence-corrected chi connectivity index (χ2v) is 2.95. The molecule has 4 heteroatoms. The van der Waals surface area contributed by atoms with Gasteiger partial charge in [-0.1, -0.05) is 6.08 Å². The standard InChI is InChI=1S/C8H12N2O2/c1-9(2)7-4-3-5-8(6-7)10(11)12/h4,6H,3,5H2,1-2H3. The second kappa shape index (κ2) is 3.38. The number of allylic oxidation sites excluding steroid dienone is 3. The summed E-state index contributed by atoms with van der Waals surface area (Å²) in [5, 5.41) is 10.4. The van der Waals surface area contributed by atoms with E-state index in [9.17, 15) is 10.1 Å². The second-order valence-electron chi connectivity index (χ2n) is 2.95. The van der Waals surface area contributed by atoms with Crippen LogP contribution in [0.15, 0.2) is 23.5 Å². The van der Waals surface area contributed by atoms with Gasteiger partial charge in [0.2, 0.25) is 5.70 Å². The molecule has 1 aliphatic rings. The first-order valence-electron chi connectivity index (χ1n) is 3.83. The van der Waals surface area contributed by atoms with Crippen LogP contribution in [0.3, 0.4) is 0 Å². The predicted molar refractivity (Wildman–Crippen MR) is 46.1 cm³/mol. The molecule has 0 aliphatic heterocycles. The van der Waals surface area contributed by atoms with Crippen molar-refractivity contribution >= 4 is 0 Å². The number of nitrogens with zero attached hydrogens (tertiary/aromatic N) is 2. The monoisotopic (exact) mass is 168 g/mol. The van der Waals surface area contributed by atoms with Crippen LogP contribution in [-0.4, -0.2) is 23.9 Å². The molecule has 0 spiro atoms. The summed E-state index contributed by atoms with van der Waals surface area (Å²) in [6, 6.07) is 0. The van der Waals surface area contributed by atoms with Crippen molar-refractivity contribution in [1.82, 2.24) is 4.90 Å². The summed E-state index contributed by atoms with van der Waals surface area (Å²) in [5.74, 6) is 0. The number of hydrogen-bond donors (Lipinski definition) is 0. The first-order chi connectivity index (χ1) is 5.61. The third kappa shape index (κ3) is 1.84. The van der Waals surface area contributed by atoms with Crippen LogP contribution < -0.4 is 0 Å². The van der Waals surface area contributed by atoms with Crippen molar-refractivity contribution in [3.05, 3.63) is 33.7 Å². The Morgan fingerprint density at radius 1 is 1.58 bits per heavy atom. The van der Waals surface area contributed by atoms with Crippen molar-refractivity contribution in [3.63, 3.8) is 0 Å². The number of nitro groups is 1. The maximum absolute atomic E-state index is 10.4. The Morgan fingerprint density at radius 2 is 2.25 bits per heavy atom. The van der Waals surface area contributed by atoms with Crippen molar-refractivity contribution in [2.75, 3.05) is 14.1 Å². The van der Waals surface area contributed by atoms with E-state index in [2.05, 4.69) is 0 Å². The van der Waals surface area contributed by atoms with Crippen molar-refractivity contribution < 1.29 is 4.92 Å². The fourth-order valence-electron chi connectivity index (χ4n) is 1.13. The molecule has 0 amide bonds. The molecule has 0 unspecified atom stereocenters. The first-order valence-corrected chi connectivity index (χ1v) is 3.83. The molecule has 1 rings (SSSR count). The van der Waals surface area contributed by atoms with Gasteiger partial charge >= 0.3 is 0 Å². The quantitative estimate of drug-likeness (QED) is 0.462. The van der Waals surface area contributed by atoms with Crippen LogP contribution in [0.2, 0.25) is 0 Å². The van der Waals surface area contributed by atoms with Crippen LogP contribution in [0.5, 0.6) is 0 Å². The van der Waals surface area contributed by atoms with Crippen LogP contribution in [0, 0.1) is 10.1 Å². The Kier molecular flexibility index (Phi) is 2.47. The van der Waals surface area contributed by atoms with Gasteiger partial charge in [0.05, 0.1) is 4.92 Å². The minimum Gasteiger partial charge on any atom is -0.378 e. The molecule has 0 aromatic rings. The molecule has 0 aromatic carbocycles. The summed E-state index contributed by atoms with van der Waals surface area (Å²) in [4.78, 5) is 12.0. The summed E-state index contributed by atoms with van der Waals surface area (Å²) in [6.45, 7) is 0. The van der Waals surface area contributed by atoms with Gasteiger partial charge in [-0.05, 0) is 6.42 Å². The molecular weight excluding hydrogens is 156 g/mol. The molecule has 0 saturated carbocycles. The summed E-state index contributed by atoms with van der Waals surface area (Å²) in [6.07, 6.45) is 4.95. The van der Waals surface area contributed by atoms with Crippen molar-refractivity contribution in [2.45, 2.75) is 12.8 Å². The van der Waals surface area contributed by atoms with Gasteiger partial charge in [-0.15, -0.1) is 0 Å². The van der Waals surface area contributed by atoms with E-state index in [1.54, 1.807) is 6.08 Å². The fraction of sp³-hybridized carbons (Fsp3) is 0.500. The largest absolute Gasteiger partial charge is 0.378 e. The van der Waals surface area contributed by atoms with Crippen LogP contribution in [0.1, 0.15) is 12.8 Å². The van der Waals surface area contributed by atoms with E-state index in [-0.39, 0.29) is 4.92 Å². The highest BCUT2D eigenvalue weighted by Gasteiger charge is 2.15. The maximum atomic E-state index is 10.4. The van der Waals surface area contributed by atoms with Gasteiger partial charge in [0.15, 0.2) is 0 Å². The molecule has 0 fully saturated rings. The molecule has 0 aromatic heterocycles. The Labute approximate surface area is 71.3 Å². The molecule has 4 nitrogen and oxygen atoms in total. The lowest BCUT2D eigenvalue weighted by Gasteiger charge is -2.16. The van der Waals surface area contributed by atoms with Gasteiger partial charge in [-0.2, -0.15) is 0 Å². The van der Waals surface area contributed by atoms with E-state index in [0.717, 1.165) is 12.1 Å². The highest BCUT2D eigenvalue weighted by molar-refractivity contribution is 5.23. The van der Waals surface area contributed by atoms with Crippen LogP contribution in [0.4, 0.5) is 0 Å². The lowest BCUT2D eigenvalue weighted by Crippen LogP contribution is -2.13. The maximum Gasteiger partial charge on any atom is 0.248 e. The zero-order valence-corrected chi connectivity index (χ0v) is 7.28. The minimum absolute atomic E-state index is 0.307. The Morgan fingerprint density at radius 3 is 2.75 bits per heavy atom. The van der Waals surface area contributed by atoms with E-state index in [1.165, 1.54) is 0 Å². The van der Waals surface area contributed by atoms with E-state index < -0.39 is 0 Å². The van der Waals surface area contributed by atoms with E-state index in [4.69, 9.17) is 0 Å². The van der Waals surface area contributed by atoms with Crippen molar-refractivity contribution in [3.8, 4) is 0 Å². The van der Waals surface area contributed by atoms with E-state index in [1.807, 2.05) is 25.1 Å². The molecule has 0 atom stereocenters. The summed E-state index contributed by atoms with van der Waals surface area (Å²) in [7, 11) is 3.76. The molecule has 12 heavy (non-hydrogen) atoms. The zero-order valence-electron chi connectivity index (χ0n) is 7.28. The number of rotatable bonds is 2. The Hall–Kier alpha value is -1.32. The van der Waals surface area contributed by atoms with Gasteiger partial charge in [0.25, 0.3) is 0 Å². The normalized spacial score (nSPS) is 16.5. The molecule has 1 aliphatic carbocycles. The highest BCUT2D eigenvalue weighted by Crippen LogP contribution is 2.18. The van der Waals surface area contributed by atoms with Crippen molar-refractivity contribution in [1.29, 1.82) is 0 Å². The van der Waals surface area contributed by atoms with Crippen LogP contribution in [0.25, 0.3) is 0 Å². The SMILES string of the molecule is CN(C)C1=CCCC([N+](=O)[O-])=C1. The molecule has 0 radical (unpaired) electrons. The molecule has 0 bridgehead atoms. The fourth-order valence-corrected chi connectivity index (χ4v) is 1.13. The molecule has 0 N–H and O–H groups in total. The number of likely N-dealkylation sites (N-methyl/N-ethyl adjacent to an activating group) is 1. The molecular formula is C8H12N2O2. The van der Waals surface area contributed by atoms with Crippen molar-refractivity contribution in [2.24, 2.45) is 0 Å². The van der Waals surface area contributed by atoms with E-state index >= 15 is 0 Å².